The van der Waals surface area contributed by atoms with E-state index in [1.54, 1.807) is 7.11 Å². The van der Waals surface area contributed by atoms with Crippen molar-refractivity contribution >= 4 is 5.69 Å². The maximum Gasteiger partial charge on any atom is 0.188 e. The second kappa shape index (κ2) is 8.31. The number of ether oxygens (including phenoxy) is 4. The number of hydrogen-bond donors (Lipinski definition) is 1. The summed E-state index contributed by atoms with van der Waals surface area (Å²) in [6, 6.07) is 7.97. The molecule has 0 radical (unpaired) electrons. The lowest BCUT2D eigenvalue weighted by atomic mass is 9.87. The molecule has 0 bridgehead atoms. The summed E-state index contributed by atoms with van der Waals surface area (Å²) in [4.78, 5) is 0. The third kappa shape index (κ3) is 4.04. The number of hydrogen-bond acceptors (Lipinski definition) is 5. The minimum absolute atomic E-state index is 0.249. The average molecular weight is 386 g/mol. The van der Waals surface area contributed by atoms with Gasteiger partial charge in [-0.1, -0.05) is 0 Å². The smallest absolute Gasteiger partial charge is 0.188 e. The Labute approximate surface area is 168 Å². The van der Waals surface area contributed by atoms with Crippen molar-refractivity contribution < 1.29 is 18.9 Å². The van der Waals surface area contributed by atoms with E-state index in [1.807, 2.05) is 31.3 Å². The van der Waals surface area contributed by atoms with Gasteiger partial charge >= 0.3 is 0 Å². The molecule has 0 fully saturated rings. The first-order valence-electron chi connectivity index (χ1n) is 9.72. The maximum absolute atomic E-state index is 6.51. The van der Waals surface area contributed by atoms with Gasteiger partial charge < -0.3 is 24.3 Å². The molecule has 2 aromatic rings. The molecule has 1 heterocycles. The van der Waals surface area contributed by atoms with Gasteiger partial charge in [-0.25, -0.2) is 0 Å². The molecule has 0 saturated heterocycles. The third-order valence-corrected chi connectivity index (χ3v) is 5.57. The molecule has 1 N–H and O–H groups in total. The monoisotopic (exact) mass is 385 g/mol. The SMILES string of the molecule is CNc1ccc(OCC2(C)CCc3c(C)c(OCOC)c(C)c(C)c3O2)cc1. The lowest BCUT2D eigenvalue weighted by Gasteiger charge is -2.38. The van der Waals surface area contributed by atoms with E-state index in [4.69, 9.17) is 18.9 Å². The van der Waals surface area contributed by atoms with Crippen LogP contribution in [-0.2, 0) is 11.2 Å². The predicted molar refractivity (Wildman–Crippen MR) is 112 cm³/mol. The first kappa shape index (κ1) is 20.3. The van der Waals surface area contributed by atoms with E-state index in [0.29, 0.717) is 6.61 Å². The second-order valence-corrected chi connectivity index (χ2v) is 7.68. The first-order valence-corrected chi connectivity index (χ1v) is 9.72. The molecule has 1 aliphatic rings. The molecular formula is C23H31NO4. The number of rotatable bonds is 7. The average Bonchev–Trinajstić information content (AvgIpc) is 2.71. The van der Waals surface area contributed by atoms with E-state index in [0.717, 1.165) is 52.5 Å². The fourth-order valence-electron chi connectivity index (χ4n) is 3.67. The molecule has 0 aliphatic carbocycles. The fraction of sp³-hybridized carbons (Fsp3) is 0.478. The van der Waals surface area contributed by atoms with Crippen LogP contribution >= 0.6 is 0 Å². The largest absolute Gasteiger partial charge is 0.489 e. The van der Waals surface area contributed by atoms with E-state index in [9.17, 15) is 0 Å². The van der Waals surface area contributed by atoms with E-state index < -0.39 is 0 Å². The number of nitrogens with one attached hydrogen (secondary N) is 1. The van der Waals surface area contributed by atoms with E-state index >= 15 is 0 Å². The highest BCUT2D eigenvalue weighted by Gasteiger charge is 2.35. The van der Waals surface area contributed by atoms with Gasteiger partial charge in [-0.2, -0.15) is 0 Å². The summed E-state index contributed by atoms with van der Waals surface area (Å²) in [5.74, 6) is 2.73. The zero-order valence-corrected chi connectivity index (χ0v) is 17.8. The molecule has 0 amide bonds. The number of fused-ring (bicyclic) bond motifs is 1. The summed E-state index contributed by atoms with van der Waals surface area (Å²) >= 11 is 0. The van der Waals surface area contributed by atoms with Crippen LogP contribution in [0.15, 0.2) is 24.3 Å². The molecule has 2 aromatic carbocycles. The van der Waals surface area contributed by atoms with E-state index in [2.05, 4.69) is 33.0 Å². The zero-order valence-electron chi connectivity index (χ0n) is 17.8. The standard InChI is InChI=1S/C23H31NO4/c1-15-16(2)22-20(17(3)21(15)27-14-25-6)11-12-23(4,28-22)13-26-19-9-7-18(24-5)8-10-19/h7-10,24H,11-14H2,1-6H3. The van der Waals surface area contributed by atoms with Crippen molar-refractivity contribution in [1.29, 1.82) is 0 Å². The summed E-state index contributed by atoms with van der Waals surface area (Å²) in [5.41, 5.74) is 5.28. The van der Waals surface area contributed by atoms with Gasteiger partial charge in [0.1, 0.15) is 29.5 Å². The van der Waals surface area contributed by atoms with Gasteiger partial charge in [-0.15, -0.1) is 0 Å². The van der Waals surface area contributed by atoms with E-state index in [-0.39, 0.29) is 12.4 Å². The summed E-state index contributed by atoms with van der Waals surface area (Å²) in [6.07, 6.45) is 1.83. The van der Waals surface area contributed by atoms with Crippen LogP contribution in [0.5, 0.6) is 17.2 Å². The fourth-order valence-corrected chi connectivity index (χ4v) is 3.67. The molecule has 1 atom stereocenters. The van der Waals surface area contributed by atoms with Crippen LogP contribution in [0.25, 0.3) is 0 Å². The third-order valence-electron chi connectivity index (χ3n) is 5.57. The maximum atomic E-state index is 6.51. The van der Waals surface area contributed by atoms with Gasteiger partial charge in [0.2, 0.25) is 0 Å². The van der Waals surface area contributed by atoms with Gasteiger partial charge in [0, 0.05) is 25.4 Å². The van der Waals surface area contributed by atoms with Crippen molar-refractivity contribution in [2.75, 3.05) is 32.9 Å². The van der Waals surface area contributed by atoms with Crippen molar-refractivity contribution in [3.05, 3.63) is 46.5 Å². The lowest BCUT2D eigenvalue weighted by molar-refractivity contribution is 0.0160. The molecule has 0 saturated carbocycles. The van der Waals surface area contributed by atoms with Crippen molar-refractivity contribution in [3.63, 3.8) is 0 Å². The Balaban J connectivity index is 1.78. The molecule has 3 rings (SSSR count). The molecule has 5 heteroatoms. The summed E-state index contributed by atoms with van der Waals surface area (Å²) in [7, 11) is 3.54. The summed E-state index contributed by atoms with van der Waals surface area (Å²) < 4.78 is 23.5. The van der Waals surface area contributed by atoms with Crippen LogP contribution in [0.2, 0.25) is 0 Å². The van der Waals surface area contributed by atoms with Gasteiger partial charge in [0.15, 0.2) is 6.79 Å². The molecule has 1 unspecified atom stereocenters. The highest BCUT2D eigenvalue weighted by Crippen LogP contribution is 2.43. The zero-order chi connectivity index (χ0) is 20.3. The van der Waals surface area contributed by atoms with Gasteiger partial charge in [-0.3, -0.25) is 0 Å². The van der Waals surface area contributed by atoms with Crippen molar-refractivity contribution in [3.8, 4) is 17.2 Å². The van der Waals surface area contributed by atoms with Crippen molar-refractivity contribution in [1.82, 2.24) is 0 Å². The second-order valence-electron chi connectivity index (χ2n) is 7.68. The normalized spacial score (nSPS) is 18.2. The topological polar surface area (TPSA) is 49.0 Å². The Morgan fingerprint density at radius 3 is 2.39 bits per heavy atom. The number of methoxy groups -OCH3 is 1. The highest BCUT2D eigenvalue weighted by molar-refractivity contribution is 5.59. The molecular weight excluding hydrogens is 354 g/mol. The predicted octanol–water partition coefficient (Wildman–Crippen LogP) is 4.80. The molecule has 5 nitrogen and oxygen atoms in total. The Morgan fingerprint density at radius 2 is 1.75 bits per heavy atom. The van der Waals surface area contributed by atoms with Gasteiger partial charge in [0.25, 0.3) is 0 Å². The summed E-state index contributed by atoms with van der Waals surface area (Å²) in [6.45, 7) is 9.14. The minimum atomic E-state index is -0.368. The minimum Gasteiger partial charge on any atom is -0.489 e. The molecule has 0 spiro atoms. The Kier molecular flexibility index (Phi) is 6.04. The number of anilines is 1. The van der Waals surface area contributed by atoms with Crippen molar-refractivity contribution in [2.45, 2.75) is 46.1 Å². The van der Waals surface area contributed by atoms with Gasteiger partial charge in [0.05, 0.1) is 0 Å². The van der Waals surface area contributed by atoms with Crippen LogP contribution in [0.4, 0.5) is 5.69 Å². The van der Waals surface area contributed by atoms with Crippen LogP contribution in [0.3, 0.4) is 0 Å². The quantitative estimate of drug-likeness (QED) is 0.694. The first-order chi connectivity index (χ1) is 13.4. The van der Waals surface area contributed by atoms with Crippen molar-refractivity contribution in [2.24, 2.45) is 0 Å². The Morgan fingerprint density at radius 1 is 1.04 bits per heavy atom. The molecule has 28 heavy (non-hydrogen) atoms. The van der Waals surface area contributed by atoms with Crippen LogP contribution < -0.4 is 19.5 Å². The lowest BCUT2D eigenvalue weighted by Crippen LogP contribution is -2.42. The molecule has 0 aromatic heterocycles. The van der Waals surface area contributed by atoms with E-state index in [1.165, 1.54) is 5.56 Å². The summed E-state index contributed by atoms with van der Waals surface area (Å²) in [5, 5.41) is 3.11. The molecule has 1 aliphatic heterocycles. The molecule has 152 valence electrons. The van der Waals surface area contributed by atoms with Crippen LogP contribution in [-0.4, -0.2) is 33.2 Å². The highest BCUT2D eigenvalue weighted by atomic mass is 16.7. The Hall–Kier alpha value is -2.40. The van der Waals surface area contributed by atoms with Gasteiger partial charge in [-0.05, 0) is 81.5 Å². The van der Waals surface area contributed by atoms with Crippen LogP contribution in [0, 0.1) is 20.8 Å². The Bertz CT molecular complexity index is 832. The van der Waals surface area contributed by atoms with Crippen LogP contribution in [0.1, 0.15) is 35.6 Å². The number of benzene rings is 2.